The molecule has 0 saturated heterocycles. The van der Waals surface area contributed by atoms with Crippen molar-refractivity contribution >= 4 is 9.84 Å². The van der Waals surface area contributed by atoms with Gasteiger partial charge in [-0.2, -0.15) is 0 Å². The van der Waals surface area contributed by atoms with Gasteiger partial charge in [0.2, 0.25) is 15.0 Å². The van der Waals surface area contributed by atoms with Crippen LogP contribution < -0.4 is 0 Å². The van der Waals surface area contributed by atoms with Crippen LogP contribution in [0.15, 0.2) is 11.2 Å². The molecule has 0 bridgehead atoms. The molecular formula is C9H12N2O2S. The van der Waals surface area contributed by atoms with E-state index in [4.69, 9.17) is 0 Å². The fourth-order valence-corrected chi connectivity index (χ4v) is 1.90. The Morgan fingerprint density at radius 2 is 2.00 bits per heavy atom. The summed E-state index contributed by atoms with van der Waals surface area (Å²) in [6.45, 7) is 1.79. The first-order valence-electron chi connectivity index (χ1n) is 4.52. The van der Waals surface area contributed by atoms with Gasteiger partial charge in [-0.1, -0.05) is 0 Å². The van der Waals surface area contributed by atoms with Gasteiger partial charge in [0.1, 0.15) is 0 Å². The minimum atomic E-state index is -3.28. The Labute approximate surface area is 83.3 Å². The van der Waals surface area contributed by atoms with Gasteiger partial charge in [0, 0.05) is 23.6 Å². The molecule has 4 nitrogen and oxygen atoms in total. The lowest BCUT2D eigenvalue weighted by Crippen LogP contribution is -2.07. The molecule has 0 aliphatic heterocycles. The van der Waals surface area contributed by atoms with E-state index >= 15 is 0 Å². The van der Waals surface area contributed by atoms with E-state index in [-0.39, 0.29) is 5.16 Å². The van der Waals surface area contributed by atoms with Gasteiger partial charge in [-0.05, 0) is 25.8 Å². The minimum Gasteiger partial charge on any atom is -0.224 e. The molecule has 1 fully saturated rings. The maximum absolute atomic E-state index is 11.3. The predicted octanol–water partition coefficient (Wildman–Crippen LogP) is 1.07. The van der Waals surface area contributed by atoms with Crippen LogP contribution in [0.5, 0.6) is 0 Å². The Kier molecular flexibility index (Phi) is 2.06. The number of hydrogen-bond acceptors (Lipinski definition) is 4. The molecule has 0 spiro atoms. The third kappa shape index (κ3) is 1.92. The largest absolute Gasteiger partial charge is 0.247 e. The molecule has 1 saturated carbocycles. The lowest BCUT2D eigenvalue weighted by molar-refractivity contribution is 0.591. The summed E-state index contributed by atoms with van der Waals surface area (Å²) in [7, 11) is -3.28. The van der Waals surface area contributed by atoms with Crippen LogP contribution in [0.25, 0.3) is 0 Å². The standard InChI is InChI=1S/C9H12N2O2S/c1-6-5-8(7-3-4-7)11-9(10-6)14(2,12)13/h5,7H,3-4H2,1-2H3. The number of nitrogens with zero attached hydrogens (tertiary/aromatic N) is 2. The molecular weight excluding hydrogens is 200 g/mol. The lowest BCUT2D eigenvalue weighted by Gasteiger charge is -2.02. The summed E-state index contributed by atoms with van der Waals surface area (Å²) in [4.78, 5) is 7.98. The van der Waals surface area contributed by atoms with Crippen LogP contribution in [0.2, 0.25) is 0 Å². The van der Waals surface area contributed by atoms with Crippen LogP contribution in [0.3, 0.4) is 0 Å². The van der Waals surface area contributed by atoms with Gasteiger partial charge in [0.25, 0.3) is 0 Å². The van der Waals surface area contributed by atoms with Gasteiger partial charge >= 0.3 is 0 Å². The second-order valence-electron chi connectivity index (χ2n) is 3.76. The third-order valence-corrected chi connectivity index (χ3v) is 3.03. The monoisotopic (exact) mass is 212 g/mol. The zero-order valence-electron chi connectivity index (χ0n) is 8.19. The van der Waals surface area contributed by atoms with Crippen molar-refractivity contribution in [3.63, 3.8) is 0 Å². The van der Waals surface area contributed by atoms with Crippen LogP contribution in [-0.4, -0.2) is 24.6 Å². The number of aryl methyl sites for hydroxylation is 1. The van der Waals surface area contributed by atoms with E-state index < -0.39 is 9.84 Å². The quantitative estimate of drug-likeness (QED) is 0.688. The lowest BCUT2D eigenvalue weighted by atomic mass is 10.2. The molecule has 0 aromatic carbocycles. The molecule has 1 aromatic heterocycles. The molecule has 2 rings (SSSR count). The SMILES string of the molecule is Cc1cc(C2CC2)nc(S(C)(=O)=O)n1. The van der Waals surface area contributed by atoms with Crippen LogP contribution >= 0.6 is 0 Å². The van der Waals surface area contributed by atoms with Gasteiger partial charge in [-0.3, -0.25) is 0 Å². The first kappa shape index (κ1) is 9.58. The Bertz CT molecular complexity index is 464. The van der Waals surface area contributed by atoms with E-state index in [1.54, 1.807) is 6.92 Å². The molecule has 5 heteroatoms. The fourth-order valence-electron chi connectivity index (χ4n) is 1.32. The highest BCUT2D eigenvalue weighted by atomic mass is 32.2. The normalized spacial score (nSPS) is 17.0. The van der Waals surface area contributed by atoms with E-state index in [2.05, 4.69) is 9.97 Å². The Hall–Kier alpha value is -0.970. The summed E-state index contributed by atoms with van der Waals surface area (Å²) >= 11 is 0. The zero-order chi connectivity index (χ0) is 10.3. The van der Waals surface area contributed by atoms with Crippen molar-refractivity contribution in [1.29, 1.82) is 0 Å². The van der Waals surface area contributed by atoms with E-state index in [0.29, 0.717) is 5.92 Å². The highest BCUT2D eigenvalue weighted by molar-refractivity contribution is 7.90. The van der Waals surface area contributed by atoms with Crippen molar-refractivity contribution < 1.29 is 8.42 Å². The molecule has 1 aliphatic carbocycles. The molecule has 0 radical (unpaired) electrons. The highest BCUT2D eigenvalue weighted by Gasteiger charge is 2.26. The number of hydrogen-bond donors (Lipinski definition) is 0. The third-order valence-electron chi connectivity index (χ3n) is 2.18. The average Bonchev–Trinajstić information content (AvgIpc) is 2.83. The summed E-state index contributed by atoms with van der Waals surface area (Å²) in [5.74, 6) is 0.456. The molecule has 1 aromatic rings. The van der Waals surface area contributed by atoms with Crippen molar-refractivity contribution in [2.24, 2.45) is 0 Å². The molecule has 0 N–H and O–H groups in total. The zero-order valence-corrected chi connectivity index (χ0v) is 9.00. The van der Waals surface area contributed by atoms with Gasteiger partial charge < -0.3 is 0 Å². The van der Waals surface area contributed by atoms with Crippen molar-refractivity contribution in [2.45, 2.75) is 30.8 Å². The molecule has 14 heavy (non-hydrogen) atoms. The number of rotatable bonds is 2. The maximum atomic E-state index is 11.3. The average molecular weight is 212 g/mol. The first-order chi connectivity index (χ1) is 6.47. The summed E-state index contributed by atoms with van der Waals surface area (Å²) in [6, 6.07) is 1.87. The van der Waals surface area contributed by atoms with Crippen LogP contribution in [0, 0.1) is 6.92 Å². The molecule has 76 valence electrons. The van der Waals surface area contributed by atoms with E-state index in [1.807, 2.05) is 6.07 Å². The Morgan fingerprint density at radius 3 is 2.50 bits per heavy atom. The van der Waals surface area contributed by atoms with E-state index in [9.17, 15) is 8.42 Å². The molecule has 0 unspecified atom stereocenters. The topological polar surface area (TPSA) is 59.9 Å². The second kappa shape index (κ2) is 3.02. The van der Waals surface area contributed by atoms with Crippen molar-refractivity contribution in [3.8, 4) is 0 Å². The van der Waals surface area contributed by atoms with E-state index in [1.165, 1.54) is 0 Å². The first-order valence-corrected chi connectivity index (χ1v) is 6.41. The van der Waals surface area contributed by atoms with Gasteiger partial charge in [-0.25, -0.2) is 18.4 Å². The highest BCUT2D eigenvalue weighted by Crippen LogP contribution is 2.39. The van der Waals surface area contributed by atoms with Gasteiger partial charge in [0.15, 0.2) is 0 Å². The van der Waals surface area contributed by atoms with Crippen LogP contribution in [0.4, 0.5) is 0 Å². The molecule has 1 heterocycles. The van der Waals surface area contributed by atoms with E-state index in [0.717, 1.165) is 30.5 Å². The molecule has 0 amide bonds. The predicted molar refractivity (Wildman–Crippen MR) is 51.9 cm³/mol. The van der Waals surface area contributed by atoms with Gasteiger partial charge in [0.05, 0.1) is 0 Å². The summed E-state index contributed by atoms with van der Waals surface area (Å²) in [5, 5.41) is -0.0422. The number of sulfone groups is 1. The maximum Gasteiger partial charge on any atom is 0.247 e. The molecule has 1 aliphatic rings. The molecule has 0 atom stereocenters. The smallest absolute Gasteiger partial charge is 0.224 e. The van der Waals surface area contributed by atoms with Gasteiger partial charge in [-0.15, -0.1) is 0 Å². The summed E-state index contributed by atoms with van der Waals surface area (Å²) in [6.07, 6.45) is 3.36. The van der Waals surface area contributed by atoms with Crippen molar-refractivity contribution in [1.82, 2.24) is 9.97 Å². The second-order valence-corrected chi connectivity index (χ2v) is 5.67. The van der Waals surface area contributed by atoms with Crippen LogP contribution in [0.1, 0.15) is 30.1 Å². The minimum absolute atomic E-state index is 0.0422. The number of aromatic nitrogens is 2. The Morgan fingerprint density at radius 1 is 1.36 bits per heavy atom. The summed E-state index contributed by atoms with van der Waals surface area (Å²) in [5.41, 5.74) is 1.60. The van der Waals surface area contributed by atoms with Crippen LogP contribution in [-0.2, 0) is 9.84 Å². The van der Waals surface area contributed by atoms with Crippen molar-refractivity contribution in [3.05, 3.63) is 17.5 Å². The van der Waals surface area contributed by atoms with Crippen molar-refractivity contribution in [2.75, 3.05) is 6.26 Å². The summed E-state index contributed by atoms with van der Waals surface area (Å²) < 4.78 is 22.5. The fraction of sp³-hybridized carbons (Fsp3) is 0.556. The Balaban J connectivity index is 2.51.